The number of primary amides is 1. The van der Waals surface area contributed by atoms with E-state index in [4.69, 9.17) is 10.8 Å². The number of aromatic carboxylic acids is 1. The molecule has 9 heteroatoms. The third kappa shape index (κ3) is 3.58. The fraction of sp³-hybridized carbons (Fsp3) is 0.111. The molecule has 3 rings (SSSR count). The van der Waals surface area contributed by atoms with E-state index < -0.39 is 17.8 Å². The molecule has 0 fully saturated rings. The first-order chi connectivity index (χ1) is 12.8. The van der Waals surface area contributed by atoms with Gasteiger partial charge in [-0.2, -0.15) is 10.1 Å². The smallest absolute Gasteiger partial charge is 0.335 e. The fourth-order valence-electron chi connectivity index (χ4n) is 2.45. The first-order valence-corrected chi connectivity index (χ1v) is 8.65. The van der Waals surface area contributed by atoms with Crippen molar-refractivity contribution in [2.75, 3.05) is 24.0 Å². The molecule has 1 aliphatic rings. The lowest BCUT2D eigenvalue weighted by atomic mass is 10.1. The number of benzene rings is 1. The summed E-state index contributed by atoms with van der Waals surface area (Å²) in [7, 11) is 3.81. The van der Waals surface area contributed by atoms with E-state index in [0.29, 0.717) is 5.69 Å². The van der Waals surface area contributed by atoms with Crippen LogP contribution >= 0.6 is 11.3 Å². The topological polar surface area (TPSA) is 116 Å². The molecule has 2 heterocycles. The summed E-state index contributed by atoms with van der Waals surface area (Å²) < 4.78 is 0. The Kier molecular flexibility index (Phi) is 4.78. The van der Waals surface area contributed by atoms with Crippen molar-refractivity contribution in [3.63, 3.8) is 0 Å². The van der Waals surface area contributed by atoms with Gasteiger partial charge in [-0.1, -0.05) is 0 Å². The summed E-state index contributed by atoms with van der Waals surface area (Å²) in [6.07, 6.45) is 1.58. The molecule has 2 aromatic rings. The number of carboxylic acid groups (broad SMARTS) is 1. The molecule has 0 atom stereocenters. The maximum absolute atomic E-state index is 12.8. The third-order valence-electron chi connectivity index (χ3n) is 3.81. The van der Waals surface area contributed by atoms with Crippen molar-refractivity contribution in [3.05, 3.63) is 52.4 Å². The number of anilines is 2. The van der Waals surface area contributed by atoms with Crippen molar-refractivity contribution in [2.24, 2.45) is 10.8 Å². The van der Waals surface area contributed by atoms with Crippen molar-refractivity contribution in [1.82, 2.24) is 0 Å². The van der Waals surface area contributed by atoms with E-state index in [9.17, 15) is 14.4 Å². The summed E-state index contributed by atoms with van der Waals surface area (Å²) in [5.74, 6) is -2.40. The van der Waals surface area contributed by atoms with E-state index in [1.807, 2.05) is 31.1 Å². The quantitative estimate of drug-likeness (QED) is 0.762. The van der Waals surface area contributed by atoms with E-state index in [-0.39, 0.29) is 16.8 Å². The second kappa shape index (κ2) is 7.04. The van der Waals surface area contributed by atoms with E-state index in [1.165, 1.54) is 35.6 Å². The van der Waals surface area contributed by atoms with Crippen LogP contribution < -0.4 is 15.6 Å². The number of carbonyl (C=O) groups excluding carboxylic acids is 2. The first-order valence-electron chi connectivity index (χ1n) is 7.83. The van der Waals surface area contributed by atoms with Crippen LogP contribution in [0.2, 0.25) is 0 Å². The van der Waals surface area contributed by atoms with Crippen molar-refractivity contribution < 1.29 is 19.5 Å². The van der Waals surface area contributed by atoms with Gasteiger partial charge in [-0.25, -0.2) is 4.79 Å². The van der Waals surface area contributed by atoms with Gasteiger partial charge in [0.1, 0.15) is 0 Å². The second-order valence-corrected chi connectivity index (χ2v) is 7.00. The van der Waals surface area contributed by atoms with Gasteiger partial charge in [0.2, 0.25) is 0 Å². The maximum atomic E-state index is 12.8. The zero-order chi connectivity index (χ0) is 19.7. The highest BCUT2D eigenvalue weighted by molar-refractivity contribution is 7.17. The molecular formula is C18H16N4O4S. The molecular weight excluding hydrogens is 368 g/mol. The Morgan fingerprint density at radius 2 is 1.85 bits per heavy atom. The number of hydrazone groups is 1. The van der Waals surface area contributed by atoms with E-state index in [1.54, 1.807) is 6.08 Å². The monoisotopic (exact) mass is 384 g/mol. The summed E-state index contributed by atoms with van der Waals surface area (Å²) >= 11 is 1.45. The van der Waals surface area contributed by atoms with Crippen molar-refractivity contribution in [1.29, 1.82) is 0 Å². The second-order valence-electron chi connectivity index (χ2n) is 5.91. The largest absolute Gasteiger partial charge is 0.478 e. The molecule has 1 aromatic carbocycles. The summed E-state index contributed by atoms with van der Waals surface area (Å²) in [5.41, 5.74) is 5.77. The molecule has 0 spiro atoms. The summed E-state index contributed by atoms with van der Waals surface area (Å²) in [6, 6.07) is 9.34. The SMILES string of the molecule is CN(C)c1ccc(C=C2C(=O)N(c3ccc(C(=O)O)cc3)N=C2C(N)=O)s1. The van der Waals surface area contributed by atoms with Gasteiger partial charge in [0.15, 0.2) is 5.71 Å². The Morgan fingerprint density at radius 3 is 2.37 bits per heavy atom. The van der Waals surface area contributed by atoms with Crippen molar-refractivity contribution in [3.8, 4) is 0 Å². The molecule has 1 aliphatic heterocycles. The number of thiophene rings is 1. The zero-order valence-corrected chi connectivity index (χ0v) is 15.4. The molecule has 0 saturated heterocycles. The van der Waals surface area contributed by atoms with E-state index in [2.05, 4.69) is 5.10 Å². The first kappa shape index (κ1) is 18.3. The van der Waals surface area contributed by atoms with Gasteiger partial charge in [0.05, 0.1) is 21.8 Å². The number of carboxylic acids is 1. The van der Waals surface area contributed by atoms with E-state index in [0.717, 1.165) is 14.9 Å². The average molecular weight is 384 g/mol. The van der Waals surface area contributed by atoms with Gasteiger partial charge in [0, 0.05) is 19.0 Å². The molecule has 0 saturated carbocycles. The molecule has 8 nitrogen and oxygen atoms in total. The molecule has 0 bridgehead atoms. The number of rotatable bonds is 5. The van der Waals surface area contributed by atoms with Gasteiger partial charge in [-0.3, -0.25) is 9.59 Å². The number of hydrogen-bond acceptors (Lipinski definition) is 6. The molecule has 0 aliphatic carbocycles. The lowest BCUT2D eigenvalue weighted by Gasteiger charge is -2.11. The van der Waals surface area contributed by atoms with Crippen LogP contribution in [0.15, 0.2) is 47.1 Å². The Bertz CT molecular complexity index is 989. The molecule has 2 amide bonds. The van der Waals surface area contributed by atoms with Crippen LogP contribution in [-0.2, 0) is 9.59 Å². The average Bonchev–Trinajstić information content (AvgIpc) is 3.21. The Hall–Kier alpha value is -3.46. The minimum Gasteiger partial charge on any atom is -0.478 e. The molecule has 1 aromatic heterocycles. The fourth-order valence-corrected chi connectivity index (χ4v) is 3.32. The number of nitrogens with two attached hydrogens (primary N) is 1. The summed E-state index contributed by atoms with van der Waals surface area (Å²) in [6.45, 7) is 0. The van der Waals surface area contributed by atoms with Gasteiger partial charge in [-0.15, -0.1) is 11.3 Å². The van der Waals surface area contributed by atoms with E-state index >= 15 is 0 Å². The summed E-state index contributed by atoms with van der Waals surface area (Å²) in [4.78, 5) is 38.2. The number of carbonyl (C=O) groups is 3. The minimum absolute atomic E-state index is 0.0788. The molecule has 138 valence electrons. The highest BCUT2D eigenvalue weighted by Gasteiger charge is 2.34. The lowest BCUT2D eigenvalue weighted by molar-refractivity contribution is -0.115. The van der Waals surface area contributed by atoms with Gasteiger partial charge in [-0.05, 0) is 42.5 Å². The summed E-state index contributed by atoms with van der Waals surface area (Å²) in [5, 5.41) is 15.0. The van der Waals surface area contributed by atoms with Crippen LogP contribution in [0.1, 0.15) is 15.2 Å². The molecule has 3 N–H and O–H groups in total. The van der Waals surface area contributed by atoms with Gasteiger partial charge >= 0.3 is 5.97 Å². The Labute approximate surface area is 158 Å². The van der Waals surface area contributed by atoms with Crippen LogP contribution in [0.4, 0.5) is 10.7 Å². The molecule has 0 radical (unpaired) electrons. The van der Waals surface area contributed by atoms with Gasteiger partial charge in [0.25, 0.3) is 11.8 Å². The van der Waals surface area contributed by atoms with Crippen LogP contribution in [0.25, 0.3) is 6.08 Å². The Morgan fingerprint density at radius 1 is 1.19 bits per heavy atom. The van der Waals surface area contributed by atoms with Crippen LogP contribution in [0.3, 0.4) is 0 Å². The zero-order valence-electron chi connectivity index (χ0n) is 14.5. The van der Waals surface area contributed by atoms with Gasteiger partial charge < -0.3 is 15.7 Å². The lowest BCUT2D eigenvalue weighted by Crippen LogP contribution is -2.25. The van der Waals surface area contributed by atoms with Crippen molar-refractivity contribution >= 4 is 51.6 Å². The standard InChI is InChI=1S/C18H16N4O4S/c1-21(2)14-8-7-12(27-14)9-13-15(16(19)23)20-22(17(13)24)11-5-3-10(4-6-11)18(25)26/h3-9H,1-2H3,(H2,19,23)(H,25,26). The predicted octanol–water partition coefficient (Wildman–Crippen LogP) is 1.78. The maximum Gasteiger partial charge on any atom is 0.335 e. The van der Waals surface area contributed by atoms with Crippen LogP contribution in [-0.4, -0.2) is 42.7 Å². The molecule has 0 unspecified atom stereocenters. The highest BCUT2D eigenvalue weighted by atomic mass is 32.1. The molecule has 27 heavy (non-hydrogen) atoms. The third-order valence-corrected chi connectivity index (χ3v) is 5.01. The Balaban J connectivity index is 1.97. The van der Waals surface area contributed by atoms with Crippen LogP contribution in [0.5, 0.6) is 0 Å². The van der Waals surface area contributed by atoms with Crippen LogP contribution in [0, 0.1) is 0 Å². The minimum atomic E-state index is -1.08. The number of nitrogens with zero attached hydrogens (tertiary/aromatic N) is 3. The number of amides is 2. The number of hydrogen-bond donors (Lipinski definition) is 2. The van der Waals surface area contributed by atoms with Crippen molar-refractivity contribution in [2.45, 2.75) is 0 Å². The predicted molar refractivity (Wildman–Crippen MR) is 104 cm³/mol. The normalized spacial score (nSPS) is 15.2. The highest BCUT2D eigenvalue weighted by Crippen LogP contribution is 2.29.